The maximum Gasteiger partial charge on any atom is 0.0751 e. The number of aromatic carboxylic acids is 2. The second kappa shape index (κ2) is 3.10. The van der Waals surface area contributed by atoms with E-state index < -0.39 is 28.8 Å². The number of nitrogens with zero attached hydrogens (tertiary/aromatic N) is 1. The zero-order valence-electron chi connectivity index (χ0n) is 6.31. The molecule has 0 radical (unpaired) electrons. The number of anilines is 1. The minimum absolute atomic E-state index is 0.407. The summed E-state index contributed by atoms with van der Waals surface area (Å²) in [7, 11) is 0. The van der Waals surface area contributed by atoms with Crippen LogP contribution in [0.25, 0.3) is 0 Å². The van der Waals surface area contributed by atoms with E-state index in [1.165, 1.54) is 0 Å². The van der Waals surface area contributed by atoms with Crippen molar-refractivity contribution in [2.75, 3.05) is 5.73 Å². The van der Waals surface area contributed by atoms with Crippen molar-refractivity contribution in [2.24, 2.45) is 0 Å². The molecule has 6 nitrogen and oxygen atoms in total. The van der Waals surface area contributed by atoms with Gasteiger partial charge in [-0.25, -0.2) is 0 Å². The number of carbonyl (C=O) groups is 2. The van der Waals surface area contributed by atoms with Gasteiger partial charge >= 0.3 is 0 Å². The van der Waals surface area contributed by atoms with Gasteiger partial charge in [-0.1, -0.05) is 0 Å². The lowest BCUT2D eigenvalue weighted by Crippen LogP contribution is -2.28. The fraction of sp³-hybridized carbons (Fsp3) is 0. The van der Waals surface area contributed by atoms with Gasteiger partial charge in [-0.2, -0.15) is 0 Å². The first-order chi connectivity index (χ1) is 6.04. The highest BCUT2D eigenvalue weighted by Gasteiger charge is 2.06. The topological polar surface area (TPSA) is 119 Å². The van der Waals surface area contributed by atoms with Gasteiger partial charge in [0.1, 0.15) is 0 Å². The number of carboxylic acid groups (broad SMARTS) is 2. The summed E-state index contributed by atoms with van der Waals surface area (Å²) < 4.78 is 0. The van der Waals surface area contributed by atoms with Crippen LogP contribution in [0, 0.1) is 0 Å². The molecule has 68 valence electrons. The molecule has 0 atom stereocenters. The predicted octanol–water partition coefficient (Wildman–Crippen LogP) is -2.61. The van der Waals surface area contributed by atoms with Crippen LogP contribution in [0.3, 0.4) is 0 Å². The lowest BCUT2D eigenvalue weighted by atomic mass is 10.1. The number of nitrogens with two attached hydrogens (primary N) is 1. The van der Waals surface area contributed by atoms with Crippen LogP contribution in [-0.4, -0.2) is 16.9 Å². The minimum Gasteiger partial charge on any atom is -0.545 e. The average molecular weight is 180 g/mol. The normalized spacial score (nSPS) is 9.54. The van der Waals surface area contributed by atoms with Crippen LogP contribution >= 0.6 is 0 Å². The van der Waals surface area contributed by atoms with Gasteiger partial charge in [0.05, 0.1) is 17.6 Å². The first-order valence-corrected chi connectivity index (χ1v) is 3.20. The zero-order chi connectivity index (χ0) is 10.0. The fourth-order valence-electron chi connectivity index (χ4n) is 0.796. The highest BCUT2D eigenvalue weighted by atomic mass is 16.4. The number of rotatable bonds is 2. The Balaban J connectivity index is 3.35. The van der Waals surface area contributed by atoms with Crippen LogP contribution in [-0.2, 0) is 0 Å². The molecule has 0 aliphatic rings. The molecule has 0 aromatic carbocycles. The van der Waals surface area contributed by atoms with E-state index in [-0.39, 0.29) is 0 Å². The second-order valence-electron chi connectivity index (χ2n) is 2.22. The van der Waals surface area contributed by atoms with Gasteiger partial charge in [0.15, 0.2) is 0 Å². The molecule has 0 spiro atoms. The highest BCUT2D eigenvalue weighted by molar-refractivity contribution is 6.00. The SMILES string of the molecule is Nc1c(C(=O)[O-])cncc1C(=O)[O-]. The first kappa shape index (κ1) is 8.98. The molecule has 2 N–H and O–H groups in total. The van der Waals surface area contributed by atoms with Gasteiger partial charge in [-0.3, -0.25) is 4.98 Å². The second-order valence-corrected chi connectivity index (χ2v) is 2.22. The van der Waals surface area contributed by atoms with E-state index in [0.29, 0.717) is 0 Å². The fourth-order valence-corrected chi connectivity index (χ4v) is 0.796. The number of aromatic nitrogens is 1. The molecular weight excluding hydrogens is 176 g/mol. The molecule has 0 aliphatic carbocycles. The summed E-state index contributed by atoms with van der Waals surface area (Å²) in [6, 6.07) is 0. The smallest absolute Gasteiger partial charge is 0.0751 e. The van der Waals surface area contributed by atoms with E-state index in [0.717, 1.165) is 12.4 Å². The monoisotopic (exact) mass is 180 g/mol. The van der Waals surface area contributed by atoms with Crippen LogP contribution in [0.1, 0.15) is 20.7 Å². The number of hydrogen-bond acceptors (Lipinski definition) is 6. The molecule has 0 unspecified atom stereocenters. The Hall–Kier alpha value is -2.11. The van der Waals surface area contributed by atoms with Gasteiger partial charge in [0.2, 0.25) is 0 Å². The number of hydrogen-bond donors (Lipinski definition) is 1. The van der Waals surface area contributed by atoms with Crippen LogP contribution in [0.2, 0.25) is 0 Å². The van der Waals surface area contributed by atoms with Gasteiger partial charge in [-0.15, -0.1) is 0 Å². The van der Waals surface area contributed by atoms with Crippen molar-refractivity contribution in [2.45, 2.75) is 0 Å². The average Bonchev–Trinajstić information content (AvgIpc) is 2.03. The standard InChI is InChI=1S/C7H6N2O4/c8-5-3(6(10)11)1-9-2-4(5)7(12)13/h1-2H,(H2,8,9)(H,10,11)(H,12,13)/p-2. The van der Waals surface area contributed by atoms with E-state index in [1.807, 2.05) is 0 Å². The predicted molar refractivity (Wildman–Crippen MR) is 37.3 cm³/mol. The molecule has 0 amide bonds. The van der Waals surface area contributed by atoms with E-state index in [4.69, 9.17) is 5.73 Å². The summed E-state index contributed by atoms with van der Waals surface area (Å²) in [5.41, 5.74) is 3.88. The first-order valence-electron chi connectivity index (χ1n) is 3.20. The number of pyridine rings is 1. The van der Waals surface area contributed by atoms with Gasteiger partial charge in [0.25, 0.3) is 0 Å². The van der Waals surface area contributed by atoms with Gasteiger partial charge in [-0.05, 0) is 0 Å². The van der Waals surface area contributed by atoms with Crippen LogP contribution in [0.4, 0.5) is 5.69 Å². The molecule has 1 aromatic heterocycles. The van der Waals surface area contributed by atoms with Crippen LogP contribution in [0.15, 0.2) is 12.4 Å². The minimum atomic E-state index is -1.58. The summed E-state index contributed by atoms with van der Waals surface area (Å²) in [5.74, 6) is -3.15. The number of carboxylic acids is 2. The molecule has 0 bridgehead atoms. The Morgan fingerprint density at radius 3 is 1.85 bits per heavy atom. The molecule has 0 aliphatic heterocycles. The third-order valence-electron chi connectivity index (χ3n) is 1.43. The van der Waals surface area contributed by atoms with Crippen molar-refractivity contribution in [1.29, 1.82) is 0 Å². The van der Waals surface area contributed by atoms with E-state index in [2.05, 4.69) is 4.98 Å². The molecule has 1 rings (SSSR count). The number of nitrogen functional groups attached to an aromatic ring is 1. The van der Waals surface area contributed by atoms with Crippen molar-refractivity contribution < 1.29 is 19.8 Å². The molecule has 6 heteroatoms. The summed E-state index contributed by atoms with van der Waals surface area (Å²) in [5, 5.41) is 20.7. The number of carbonyl (C=O) groups excluding carboxylic acids is 2. The lowest BCUT2D eigenvalue weighted by Gasteiger charge is -2.10. The van der Waals surface area contributed by atoms with E-state index in [9.17, 15) is 19.8 Å². The molecule has 1 heterocycles. The van der Waals surface area contributed by atoms with Crippen molar-refractivity contribution >= 4 is 17.6 Å². The summed E-state index contributed by atoms with van der Waals surface area (Å²) in [6.45, 7) is 0. The molecular formula is C7H4N2O4-2. The molecule has 0 saturated heterocycles. The third kappa shape index (κ3) is 1.56. The maximum absolute atomic E-state index is 10.4. The van der Waals surface area contributed by atoms with Crippen LogP contribution in [0.5, 0.6) is 0 Å². The summed E-state index contributed by atoms with van der Waals surface area (Å²) in [4.78, 5) is 24.1. The zero-order valence-corrected chi connectivity index (χ0v) is 6.31. The Morgan fingerprint density at radius 1 is 1.15 bits per heavy atom. The third-order valence-corrected chi connectivity index (χ3v) is 1.43. The largest absolute Gasteiger partial charge is 0.545 e. The quantitative estimate of drug-likeness (QED) is 0.532. The molecule has 0 fully saturated rings. The van der Waals surface area contributed by atoms with Crippen molar-refractivity contribution in [3.05, 3.63) is 23.5 Å². The molecule has 0 saturated carbocycles. The van der Waals surface area contributed by atoms with Crippen LogP contribution < -0.4 is 15.9 Å². The Bertz CT molecular complexity index is 343. The Morgan fingerprint density at radius 2 is 1.54 bits per heavy atom. The summed E-state index contributed by atoms with van der Waals surface area (Å²) >= 11 is 0. The molecule has 13 heavy (non-hydrogen) atoms. The summed E-state index contributed by atoms with van der Waals surface area (Å²) in [6.07, 6.45) is 1.83. The van der Waals surface area contributed by atoms with Gasteiger partial charge in [0, 0.05) is 23.5 Å². The van der Waals surface area contributed by atoms with Gasteiger partial charge < -0.3 is 25.5 Å². The highest BCUT2D eigenvalue weighted by Crippen LogP contribution is 2.13. The molecule has 1 aromatic rings. The Labute approximate surface area is 72.6 Å². The maximum atomic E-state index is 10.4. The van der Waals surface area contributed by atoms with Crippen molar-refractivity contribution in [1.82, 2.24) is 4.98 Å². The van der Waals surface area contributed by atoms with Crippen molar-refractivity contribution in [3.63, 3.8) is 0 Å². The van der Waals surface area contributed by atoms with E-state index >= 15 is 0 Å². The van der Waals surface area contributed by atoms with E-state index in [1.54, 1.807) is 0 Å². The lowest BCUT2D eigenvalue weighted by molar-refractivity contribution is -0.255. The van der Waals surface area contributed by atoms with Crippen molar-refractivity contribution in [3.8, 4) is 0 Å². The Kier molecular flexibility index (Phi) is 2.14.